The normalized spacial score (nSPS) is 14.3. The Morgan fingerprint density at radius 2 is 1.86 bits per heavy atom. The van der Waals surface area contributed by atoms with Crippen molar-refractivity contribution in [2.75, 3.05) is 20.1 Å². The van der Waals surface area contributed by atoms with Crippen LogP contribution in [0, 0.1) is 28.8 Å². The maximum absolute atomic E-state index is 14.0. The average Bonchev–Trinajstić information content (AvgIpc) is 3.19. The molecule has 0 fully saturated rings. The van der Waals surface area contributed by atoms with Crippen molar-refractivity contribution in [3.05, 3.63) is 52.4 Å². The number of fused-ring (bicyclic) bond motifs is 1. The number of nitrogens with one attached hydrogen (secondary N) is 2. The number of likely N-dealkylation sites (N-methyl/N-ethyl adjacent to an activating group) is 1. The molecule has 0 bridgehead atoms. The third kappa shape index (κ3) is 5.73. The van der Waals surface area contributed by atoms with Crippen molar-refractivity contribution in [1.29, 1.82) is 5.26 Å². The predicted molar refractivity (Wildman–Crippen MR) is 108 cm³/mol. The molecule has 188 valence electrons. The fourth-order valence-corrected chi connectivity index (χ4v) is 3.78. The van der Waals surface area contributed by atoms with Gasteiger partial charge in [-0.15, -0.1) is 0 Å². The summed E-state index contributed by atoms with van der Waals surface area (Å²) in [4.78, 5) is 29.8. The lowest BCUT2D eigenvalue weighted by Crippen LogP contribution is -2.43. The molecule has 1 aliphatic heterocycles. The number of alkyl halides is 3. The summed E-state index contributed by atoms with van der Waals surface area (Å²) < 4.78 is 81.8. The molecule has 2 heterocycles. The maximum atomic E-state index is 14.0. The standard InChI is InChI=1S/C21H20F6N6O2/c1-29-12(6-11-7-14(23)15(24)9-13(11)22)8-17(34)32-4-5-33-16(10-32)18(19(35)30-3-2-28)31-20(33)21(25,26)27/h7,9,12,29H,3-6,8,10H2,1H3,(H,30,35)/t12-/m1/s1. The summed E-state index contributed by atoms with van der Waals surface area (Å²) in [7, 11) is 1.48. The zero-order valence-electron chi connectivity index (χ0n) is 18.3. The van der Waals surface area contributed by atoms with Crippen LogP contribution in [-0.4, -0.2) is 52.4 Å². The number of benzene rings is 1. The van der Waals surface area contributed by atoms with Gasteiger partial charge in [-0.3, -0.25) is 9.59 Å². The zero-order valence-corrected chi connectivity index (χ0v) is 18.3. The highest BCUT2D eigenvalue weighted by Gasteiger charge is 2.41. The molecule has 2 aromatic rings. The van der Waals surface area contributed by atoms with Crippen LogP contribution < -0.4 is 10.6 Å². The molecule has 1 aliphatic rings. The van der Waals surface area contributed by atoms with Gasteiger partial charge in [-0.05, 0) is 25.1 Å². The summed E-state index contributed by atoms with van der Waals surface area (Å²) in [6.45, 7) is -1.19. The molecule has 1 aromatic carbocycles. The molecule has 2 amide bonds. The maximum Gasteiger partial charge on any atom is 0.449 e. The topological polar surface area (TPSA) is 103 Å². The van der Waals surface area contributed by atoms with E-state index < -0.39 is 59.5 Å². The van der Waals surface area contributed by atoms with E-state index in [0.29, 0.717) is 12.1 Å². The quantitative estimate of drug-likeness (QED) is 0.343. The first kappa shape index (κ1) is 26.0. The highest BCUT2D eigenvalue weighted by Crippen LogP contribution is 2.32. The SMILES string of the molecule is CN[C@@H](CC(=O)N1CCn2c(C(F)(F)F)nc(C(=O)NCC#N)c2C1)Cc1cc(F)c(F)cc1F. The number of hydrogen-bond acceptors (Lipinski definition) is 5. The van der Waals surface area contributed by atoms with E-state index >= 15 is 0 Å². The smallest absolute Gasteiger partial charge is 0.338 e. The largest absolute Gasteiger partial charge is 0.449 e. The van der Waals surface area contributed by atoms with Gasteiger partial charge in [-0.25, -0.2) is 18.2 Å². The minimum atomic E-state index is -4.85. The number of rotatable bonds is 7. The lowest BCUT2D eigenvalue weighted by molar-refractivity contribution is -0.148. The lowest BCUT2D eigenvalue weighted by atomic mass is 10.0. The summed E-state index contributed by atoms with van der Waals surface area (Å²) in [5.41, 5.74) is -0.835. The minimum Gasteiger partial charge on any atom is -0.338 e. The number of nitrogens with zero attached hydrogens (tertiary/aromatic N) is 4. The van der Waals surface area contributed by atoms with Crippen LogP contribution in [0.15, 0.2) is 12.1 Å². The molecule has 0 radical (unpaired) electrons. The van der Waals surface area contributed by atoms with E-state index in [1.165, 1.54) is 11.9 Å². The fourth-order valence-electron chi connectivity index (χ4n) is 3.78. The summed E-state index contributed by atoms with van der Waals surface area (Å²) >= 11 is 0. The van der Waals surface area contributed by atoms with E-state index in [1.54, 1.807) is 6.07 Å². The molecule has 0 spiro atoms. The second-order valence-corrected chi connectivity index (χ2v) is 7.79. The number of imidazole rings is 1. The van der Waals surface area contributed by atoms with Crippen LogP contribution in [0.3, 0.4) is 0 Å². The molecule has 1 aromatic heterocycles. The number of halogens is 6. The first-order valence-electron chi connectivity index (χ1n) is 10.4. The van der Waals surface area contributed by atoms with Crippen molar-refractivity contribution in [1.82, 2.24) is 25.1 Å². The molecule has 0 saturated carbocycles. The van der Waals surface area contributed by atoms with E-state index in [-0.39, 0.29) is 43.7 Å². The van der Waals surface area contributed by atoms with Crippen LogP contribution in [0.1, 0.15) is 34.0 Å². The number of carbonyl (C=O) groups is 2. The van der Waals surface area contributed by atoms with Crippen molar-refractivity contribution in [2.45, 2.75) is 38.1 Å². The molecule has 2 N–H and O–H groups in total. The minimum absolute atomic E-state index is 0.111. The molecule has 0 saturated heterocycles. The molecule has 1 atom stereocenters. The molecular weight excluding hydrogens is 482 g/mol. The Morgan fingerprint density at radius 3 is 2.49 bits per heavy atom. The first-order valence-corrected chi connectivity index (χ1v) is 10.4. The molecule has 0 unspecified atom stereocenters. The molecule has 0 aliphatic carbocycles. The Morgan fingerprint density at radius 1 is 1.17 bits per heavy atom. The second kappa shape index (κ2) is 10.3. The van der Waals surface area contributed by atoms with Crippen LogP contribution in [-0.2, 0) is 30.5 Å². The van der Waals surface area contributed by atoms with Crippen molar-refractivity contribution in [2.24, 2.45) is 0 Å². The lowest BCUT2D eigenvalue weighted by Gasteiger charge is -2.31. The Kier molecular flexibility index (Phi) is 7.69. The van der Waals surface area contributed by atoms with E-state index in [0.717, 1.165) is 4.57 Å². The Hall–Kier alpha value is -3.60. The van der Waals surface area contributed by atoms with Gasteiger partial charge >= 0.3 is 6.18 Å². The van der Waals surface area contributed by atoms with E-state index in [2.05, 4.69) is 15.6 Å². The third-order valence-electron chi connectivity index (χ3n) is 5.54. The van der Waals surface area contributed by atoms with E-state index in [9.17, 15) is 35.9 Å². The van der Waals surface area contributed by atoms with Crippen molar-refractivity contribution in [3.63, 3.8) is 0 Å². The predicted octanol–water partition coefficient (Wildman–Crippen LogP) is 2.14. The van der Waals surface area contributed by atoms with E-state index in [1.807, 2.05) is 0 Å². The fraction of sp³-hybridized carbons (Fsp3) is 0.429. The first-order chi connectivity index (χ1) is 16.5. The van der Waals surface area contributed by atoms with Crippen molar-refractivity contribution in [3.8, 4) is 6.07 Å². The molecule has 14 heteroatoms. The van der Waals surface area contributed by atoms with Gasteiger partial charge in [0.15, 0.2) is 17.3 Å². The number of nitriles is 1. The van der Waals surface area contributed by atoms with Gasteiger partial charge < -0.3 is 20.1 Å². The second-order valence-electron chi connectivity index (χ2n) is 7.79. The Bertz CT molecular complexity index is 1170. The summed E-state index contributed by atoms with van der Waals surface area (Å²) in [6, 6.07) is 2.05. The zero-order chi connectivity index (χ0) is 25.9. The third-order valence-corrected chi connectivity index (χ3v) is 5.54. The van der Waals surface area contributed by atoms with E-state index in [4.69, 9.17) is 5.26 Å². The average molecular weight is 502 g/mol. The van der Waals surface area contributed by atoms with Crippen LogP contribution in [0.2, 0.25) is 0 Å². The van der Waals surface area contributed by atoms with Gasteiger partial charge in [-0.1, -0.05) is 0 Å². The highest BCUT2D eigenvalue weighted by molar-refractivity contribution is 5.94. The molecular formula is C21H20F6N6O2. The van der Waals surface area contributed by atoms with Crippen LogP contribution in [0.25, 0.3) is 0 Å². The van der Waals surface area contributed by atoms with Gasteiger partial charge in [0.25, 0.3) is 5.91 Å². The number of amides is 2. The van der Waals surface area contributed by atoms with Gasteiger partial charge in [0.05, 0.1) is 18.3 Å². The monoisotopic (exact) mass is 502 g/mol. The summed E-state index contributed by atoms with van der Waals surface area (Å²) in [6.07, 6.45) is -5.23. The summed E-state index contributed by atoms with van der Waals surface area (Å²) in [5, 5.41) is 13.5. The van der Waals surface area contributed by atoms with Gasteiger partial charge in [0, 0.05) is 31.6 Å². The van der Waals surface area contributed by atoms with Crippen molar-refractivity contribution >= 4 is 11.8 Å². The van der Waals surface area contributed by atoms with Crippen molar-refractivity contribution < 1.29 is 35.9 Å². The molecule has 35 heavy (non-hydrogen) atoms. The summed E-state index contributed by atoms with van der Waals surface area (Å²) in [5.74, 6) is -6.36. The Balaban J connectivity index is 1.79. The van der Waals surface area contributed by atoms with Crippen LogP contribution in [0.5, 0.6) is 0 Å². The van der Waals surface area contributed by atoms with Crippen LogP contribution in [0.4, 0.5) is 26.3 Å². The van der Waals surface area contributed by atoms with Crippen LogP contribution >= 0.6 is 0 Å². The number of carbonyl (C=O) groups excluding carboxylic acids is 2. The number of hydrogen-bond donors (Lipinski definition) is 2. The molecule has 8 nitrogen and oxygen atoms in total. The molecule has 3 rings (SSSR count). The number of aromatic nitrogens is 2. The van der Waals surface area contributed by atoms with Gasteiger partial charge in [0.1, 0.15) is 12.4 Å². The highest BCUT2D eigenvalue weighted by atomic mass is 19.4. The van der Waals surface area contributed by atoms with Gasteiger partial charge in [0.2, 0.25) is 11.7 Å². The Labute approximate surface area is 195 Å². The van der Waals surface area contributed by atoms with Gasteiger partial charge in [-0.2, -0.15) is 18.4 Å².